The molecule has 0 unspecified atom stereocenters. The summed E-state index contributed by atoms with van der Waals surface area (Å²) in [5.41, 5.74) is 6.29. The Hall–Kier alpha value is -1.62. The molecule has 1 amide bonds. The molecule has 4 nitrogen and oxygen atoms in total. The summed E-state index contributed by atoms with van der Waals surface area (Å²) in [5, 5.41) is 2.90. The molecule has 0 aliphatic heterocycles. The maximum Gasteiger partial charge on any atom is 0.233 e. The molecule has 0 aromatic heterocycles. The first-order chi connectivity index (χ1) is 10.0. The Morgan fingerprint density at radius 2 is 2.14 bits per heavy atom. The fourth-order valence-corrected chi connectivity index (χ4v) is 3.07. The summed E-state index contributed by atoms with van der Waals surface area (Å²) in [5.74, 6) is 0.759. The van der Waals surface area contributed by atoms with Crippen LogP contribution in [-0.4, -0.2) is 24.0 Å². The number of hydrogen-bond acceptors (Lipinski definition) is 3. The zero-order chi connectivity index (χ0) is 15.3. The van der Waals surface area contributed by atoms with Crippen molar-refractivity contribution in [3.8, 4) is 5.75 Å². The average molecular weight is 306 g/mol. The van der Waals surface area contributed by atoms with E-state index >= 15 is 0 Å². The first-order valence-electron chi connectivity index (χ1n) is 7.32. The summed E-state index contributed by atoms with van der Waals surface area (Å²) in [4.78, 5) is 12.7. The van der Waals surface area contributed by atoms with E-state index < -0.39 is 5.41 Å². The zero-order valence-corrected chi connectivity index (χ0v) is 13.2. The zero-order valence-electron chi connectivity index (χ0n) is 12.4. The maximum atomic E-state index is 12.3. The molecular weight excluding hydrogens is 284 g/mol. The molecule has 1 aromatic carbocycles. The van der Waals surface area contributed by atoms with Gasteiger partial charge in [0, 0.05) is 0 Å². The van der Waals surface area contributed by atoms with E-state index in [-0.39, 0.29) is 5.91 Å². The van der Waals surface area contributed by atoms with Crippen LogP contribution in [-0.2, 0) is 4.79 Å². The molecule has 1 aromatic rings. The molecule has 2 rings (SSSR count). The molecule has 3 N–H and O–H groups in total. The van der Waals surface area contributed by atoms with E-state index in [1.807, 2.05) is 31.2 Å². The van der Waals surface area contributed by atoms with Crippen molar-refractivity contribution in [2.24, 2.45) is 11.1 Å². The van der Waals surface area contributed by atoms with Crippen LogP contribution in [0.25, 0.3) is 0 Å². The van der Waals surface area contributed by atoms with E-state index in [0.29, 0.717) is 18.1 Å². The molecule has 0 bridgehead atoms. The van der Waals surface area contributed by atoms with Crippen molar-refractivity contribution < 1.29 is 9.53 Å². The van der Waals surface area contributed by atoms with Gasteiger partial charge < -0.3 is 15.8 Å². The third-order valence-corrected chi connectivity index (χ3v) is 4.40. The van der Waals surface area contributed by atoms with Crippen LogP contribution in [0.1, 0.15) is 31.2 Å². The first kappa shape index (κ1) is 15.8. The predicted octanol–water partition coefficient (Wildman–Crippen LogP) is 2.34. The van der Waals surface area contributed by atoms with E-state index in [1.54, 1.807) is 0 Å². The highest BCUT2D eigenvalue weighted by molar-refractivity contribution is 7.80. The van der Waals surface area contributed by atoms with Crippen molar-refractivity contribution in [3.05, 3.63) is 29.8 Å². The number of hydrogen-bond donors (Lipinski definition) is 2. The quantitative estimate of drug-likeness (QED) is 0.625. The van der Waals surface area contributed by atoms with E-state index in [1.165, 1.54) is 0 Å². The summed E-state index contributed by atoms with van der Waals surface area (Å²) >= 11 is 5.10. The molecule has 5 heteroatoms. The Balaban J connectivity index is 1.80. The maximum absolute atomic E-state index is 12.3. The molecule has 1 aliphatic rings. The van der Waals surface area contributed by atoms with Gasteiger partial charge in [0.1, 0.15) is 12.4 Å². The Morgan fingerprint density at radius 1 is 1.43 bits per heavy atom. The highest BCUT2D eigenvalue weighted by Gasteiger charge is 2.43. The molecule has 0 spiro atoms. The van der Waals surface area contributed by atoms with Crippen LogP contribution in [0.4, 0.5) is 0 Å². The van der Waals surface area contributed by atoms with Gasteiger partial charge in [0.15, 0.2) is 0 Å². The summed E-state index contributed by atoms with van der Waals surface area (Å²) in [7, 11) is 0. The van der Waals surface area contributed by atoms with Gasteiger partial charge in [0.05, 0.1) is 16.9 Å². The molecular formula is C16H22N2O2S. The number of carbonyl (C=O) groups excluding carboxylic acids is 1. The minimum absolute atomic E-state index is 0.0552. The third-order valence-electron chi connectivity index (χ3n) is 4.01. The lowest BCUT2D eigenvalue weighted by atomic mass is 9.85. The van der Waals surface area contributed by atoms with Gasteiger partial charge in [-0.05, 0) is 37.5 Å². The summed E-state index contributed by atoms with van der Waals surface area (Å²) in [6.07, 6.45) is 3.52. The highest BCUT2D eigenvalue weighted by atomic mass is 32.1. The molecule has 114 valence electrons. The monoisotopic (exact) mass is 306 g/mol. The molecule has 0 saturated heterocycles. The second kappa shape index (κ2) is 6.89. The van der Waals surface area contributed by atoms with E-state index in [4.69, 9.17) is 22.7 Å². The minimum Gasteiger partial charge on any atom is -0.492 e. The molecule has 1 saturated carbocycles. The van der Waals surface area contributed by atoms with Crippen molar-refractivity contribution in [2.75, 3.05) is 13.2 Å². The lowest BCUT2D eigenvalue weighted by Gasteiger charge is -2.26. The summed E-state index contributed by atoms with van der Waals surface area (Å²) < 4.78 is 5.61. The van der Waals surface area contributed by atoms with Gasteiger partial charge in [-0.2, -0.15) is 0 Å². The average Bonchev–Trinajstić information content (AvgIpc) is 2.94. The normalized spacial score (nSPS) is 16.4. The van der Waals surface area contributed by atoms with Crippen molar-refractivity contribution in [1.82, 2.24) is 5.32 Å². The Morgan fingerprint density at radius 3 is 2.76 bits per heavy atom. The number of ether oxygens (including phenoxy) is 1. The highest BCUT2D eigenvalue weighted by Crippen LogP contribution is 2.38. The lowest BCUT2D eigenvalue weighted by Crippen LogP contribution is -2.48. The second-order valence-electron chi connectivity index (χ2n) is 5.57. The number of thiocarbonyl (C=S) groups is 1. The lowest BCUT2D eigenvalue weighted by molar-refractivity contribution is -0.127. The number of carbonyl (C=O) groups is 1. The molecule has 1 aliphatic carbocycles. The Kier molecular flexibility index (Phi) is 5.17. The molecule has 0 atom stereocenters. The van der Waals surface area contributed by atoms with Gasteiger partial charge in [0.2, 0.25) is 5.91 Å². The van der Waals surface area contributed by atoms with Gasteiger partial charge in [-0.3, -0.25) is 4.79 Å². The predicted molar refractivity (Wildman–Crippen MR) is 87.4 cm³/mol. The third kappa shape index (κ3) is 3.73. The summed E-state index contributed by atoms with van der Waals surface area (Å²) in [6, 6.07) is 7.84. The van der Waals surface area contributed by atoms with Gasteiger partial charge in [-0.25, -0.2) is 0 Å². The van der Waals surface area contributed by atoms with Crippen molar-refractivity contribution >= 4 is 23.1 Å². The SMILES string of the molecule is Cc1cccc(OCCNC(=O)C2(C(N)=S)CCCC2)c1. The van der Waals surface area contributed by atoms with Crippen molar-refractivity contribution in [1.29, 1.82) is 0 Å². The molecule has 21 heavy (non-hydrogen) atoms. The van der Waals surface area contributed by atoms with Crippen LogP contribution in [0, 0.1) is 12.3 Å². The number of nitrogens with two attached hydrogens (primary N) is 1. The topological polar surface area (TPSA) is 64.3 Å². The molecule has 1 fully saturated rings. The van der Waals surface area contributed by atoms with Crippen molar-refractivity contribution in [2.45, 2.75) is 32.6 Å². The fraction of sp³-hybridized carbons (Fsp3) is 0.500. The van der Waals surface area contributed by atoms with Crippen LogP contribution in [0.15, 0.2) is 24.3 Å². The first-order valence-corrected chi connectivity index (χ1v) is 7.73. The van der Waals surface area contributed by atoms with E-state index in [2.05, 4.69) is 5.32 Å². The van der Waals surface area contributed by atoms with Crippen LogP contribution >= 0.6 is 12.2 Å². The summed E-state index contributed by atoms with van der Waals surface area (Å²) in [6.45, 7) is 2.90. The minimum atomic E-state index is -0.640. The van der Waals surface area contributed by atoms with E-state index in [0.717, 1.165) is 37.0 Å². The second-order valence-corrected chi connectivity index (χ2v) is 6.01. The Labute approximate surface area is 131 Å². The number of amides is 1. The van der Waals surface area contributed by atoms with Crippen molar-refractivity contribution in [3.63, 3.8) is 0 Å². The largest absolute Gasteiger partial charge is 0.492 e. The van der Waals surface area contributed by atoms with Gasteiger partial charge in [0.25, 0.3) is 0 Å². The number of aryl methyl sites for hydroxylation is 1. The molecule has 0 heterocycles. The molecule has 0 radical (unpaired) electrons. The van der Waals surface area contributed by atoms with E-state index in [9.17, 15) is 4.79 Å². The van der Waals surface area contributed by atoms with Gasteiger partial charge in [-0.15, -0.1) is 0 Å². The van der Waals surface area contributed by atoms with Gasteiger partial charge in [-0.1, -0.05) is 37.2 Å². The Bertz CT molecular complexity index is 525. The standard InChI is InChI=1S/C16H22N2O2S/c1-12-5-4-6-13(11-12)20-10-9-18-15(19)16(14(17)21)7-2-3-8-16/h4-6,11H,2-3,7-10H2,1H3,(H2,17,21)(H,18,19). The van der Waals surface area contributed by atoms with Crippen LogP contribution < -0.4 is 15.8 Å². The number of benzene rings is 1. The van der Waals surface area contributed by atoms with Gasteiger partial charge >= 0.3 is 0 Å². The van der Waals surface area contributed by atoms with Crippen LogP contribution in [0.2, 0.25) is 0 Å². The smallest absolute Gasteiger partial charge is 0.233 e. The van der Waals surface area contributed by atoms with Crippen LogP contribution in [0.5, 0.6) is 5.75 Å². The number of rotatable bonds is 6. The number of nitrogens with one attached hydrogen (secondary N) is 1. The fourth-order valence-electron chi connectivity index (χ4n) is 2.77. The van der Waals surface area contributed by atoms with Crippen LogP contribution in [0.3, 0.4) is 0 Å².